The fourth-order valence-electron chi connectivity index (χ4n) is 3.56. The number of carbonyl (C=O) groups excluding carboxylic acids is 1. The summed E-state index contributed by atoms with van der Waals surface area (Å²) in [5, 5.41) is 8.54. The lowest BCUT2D eigenvalue weighted by Gasteiger charge is -2.35. The van der Waals surface area contributed by atoms with E-state index in [4.69, 9.17) is 9.40 Å². The van der Waals surface area contributed by atoms with Gasteiger partial charge in [0.25, 0.3) is 11.7 Å². The van der Waals surface area contributed by atoms with Crippen molar-refractivity contribution >= 4 is 17.5 Å². The molecular formula is C19H24N6O2. The zero-order chi connectivity index (χ0) is 18.8. The molecule has 0 aromatic carbocycles. The van der Waals surface area contributed by atoms with Crippen molar-refractivity contribution in [2.75, 3.05) is 31.1 Å². The highest BCUT2D eigenvalue weighted by atomic mass is 16.3. The number of hydrogen-bond donors (Lipinski definition) is 0. The molecule has 1 amide bonds. The first-order valence-corrected chi connectivity index (χ1v) is 9.51. The van der Waals surface area contributed by atoms with Crippen LogP contribution in [-0.4, -0.2) is 56.6 Å². The summed E-state index contributed by atoms with van der Waals surface area (Å²) < 4.78 is 7.10. The molecule has 0 atom stereocenters. The minimum atomic E-state index is 0.0172. The van der Waals surface area contributed by atoms with Crippen molar-refractivity contribution in [3.8, 4) is 0 Å². The van der Waals surface area contributed by atoms with Crippen LogP contribution in [0.1, 0.15) is 42.1 Å². The van der Waals surface area contributed by atoms with Crippen LogP contribution < -0.4 is 4.90 Å². The van der Waals surface area contributed by atoms with Crippen LogP contribution >= 0.6 is 0 Å². The lowest BCUT2D eigenvalue weighted by Crippen LogP contribution is -2.49. The van der Waals surface area contributed by atoms with E-state index in [2.05, 4.69) is 39.4 Å². The molecule has 27 heavy (non-hydrogen) atoms. The van der Waals surface area contributed by atoms with Crippen molar-refractivity contribution in [2.24, 2.45) is 0 Å². The van der Waals surface area contributed by atoms with Crippen LogP contribution in [0.25, 0.3) is 5.78 Å². The van der Waals surface area contributed by atoms with E-state index in [1.807, 2.05) is 4.90 Å². The van der Waals surface area contributed by atoms with E-state index >= 15 is 0 Å². The number of carbonyl (C=O) groups is 1. The Balaban J connectivity index is 1.54. The normalized spacial score (nSPS) is 14.9. The Hall–Kier alpha value is -2.90. The largest absolute Gasteiger partial charge is 0.472 e. The minimum Gasteiger partial charge on any atom is -0.472 e. The third kappa shape index (κ3) is 3.27. The van der Waals surface area contributed by atoms with Gasteiger partial charge in [0.1, 0.15) is 17.9 Å². The van der Waals surface area contributed by atoms with Crippen LogP contribution in [0.15, 0.2) is 29.1 Å². The second-order valence-corrected chi connectivity index (χ2v) is 6.75. The van der Waals surface area contributed by atoms with Crippen LogP contribution in [0.5, 0.6) is 0 Å². The standard InChI is InChI=1S/C19H24N6O2/c1-3-5-15-12-17(20-19-22-21-16(4-2)25(15)19)23-7-9-24(10-8-23)18(26)14-6-11-27-13-14/h6,11-13H,3-5,7-10H2,1-2H3. The maximum atomic E-state index is 12.5. The number of amides is 1. The van der Waals surface area contributed by atoms with Gasteiger partial charge in [0, 0.05) is 44.4 Å². The lowest BCUT2D eigenvalue weighted by molar-refractivity contribution is 0.0746. The van der Waals surface area contributed by atoms with Crippen molar-refractivity contribution in [1.29, 1.82) is 0 Å². The van der Waals surface area contributed by atoms with Crippen LogP contribution in [0, 0.1) is 0 Å². The van der Waals surface area contributed by atoms with Gasteiger partial charge in [0.2, 0.25) is 0 Å². The predicted molar refractivity (Wildman–Crippen MR) is 101 cm³/mol. The van der Waals surface area contributed by atoms with Crippen molar-refractivity contribution in [3.05, 3.63) is 41.7 Å². The third-order valence-electron chi connectivity index (χ3n) is 4.99. The smallest absolute Gasteiger partial charge is 0.257 e. The molecule has 0 spiro atoms. The molecule has 142 valence electrons. The Kier molecular flexibility index (Phi) is 4.79. The number of aromatic nitrogens is 4. The Morgan fingerprint density at radius 2 is 2.00 bits per heavy atom. The van der Waals surface area contributed by atoms with Gasteiger partial charge in [-0.1, -0.05) is 20.3 Å². The van der Waals surface area contributed by atoms with Crippen molar-refractivity contribution in [1.82, 2.24) is 24.5 Å². The Morgan fingerprint density at radius 1 is 1.19 bits per heavy atom. The molecule has 0 bridgehead atoms. The van der Waals surface area contributed by atoms with Gasteiger partial charge in [-0.05, 0) is 12.5 Å². The van der Waals surface area contributed by atoms with Gasteiger partial charge in [-0.15, -0.1) is 10.2 Å². The highest BCUT2D eigenvalue weighted by Gasteiger charge is 2.24. The Bertz CT molecular complexity index is 925. The van der Waals surface area contributed by atoms with Crippen LogP contribution in [0.2, 0.25) is 0 Å². The maximum Gasteiger partial charge on any atom is 0.257 e. The average Bonchev–Trinajstić information content (AvgIpc) is 3.37. The zero-order valence-electron chi connectivity index (χ0n) is 15.8. The van der Waals surface area contributed by atoms with Crippen LogP contribution in [0.3, 0.4) is 0 Å². The minimum absolute atomic E-state index is 0.0172. The number of piperazine rings is 1. The summed E-state index contributed by atoms with van der Waals surface area (Å²) >= 11 is 0. The van der Waals surface area contributed by atoms with Gasteiger partial charge in [-0.2, -0.15) is 4.98 Å². The number of anilines is 1. The Morgan fingerprint density at radius 3 is 2.67 bits per heavy atom. The van der Waals surface area contributed by atoms with Crippen molar-refractivity contribution in [2.45, 2.75) is 33.1 Å². The highest BCUT2D eigenvalue weighted by molar-refractivity contribution is 5.94. The molecular weight excluding hydrogens is 344 g/mol. The maximum absolute atomic E-state index is 12.5. The molecule has 0 N–H and O–H groups in total. The molecule has 0 unspecified atom stereocenters. The van der Waals surface area contributed by atoms with Gasteiger partial charge in [0.05, 0.1) is 11.8 Å². The van der Waals surface area contributed by atoms with E-state index in [0.29, 0.717) is 24.4 Å². The van der Waals surface area contributed by atoms with Crippen LogP contribution in [-0.2, 0) is 12.8 Å². The highest BCUT2D eigenvalue weighted by Crippen LogP contribution is 2.20. The molecule has 8 heteroatoms. The SMILES string of the molecule is CCCc1cc(N2CCN(C(=O)c3ccoc3)CC2)nc2nnc(CC)n12. The first kappa shape index (κ1) is 17.5. The van der Waals surface area contributed by atoms with Gasteiger partial charge in [0.15, 0.2) is 0 Å². The van der Waals surface area contributed by atoms with Gasteiger partial charge < -0.3 is 14.2 Å². The lowest BCUT2D eigenvalue weighted by atomic mass is 10.2. The number of furan rings is 1. The fraction of sp³-hybridized carbons (Fsp3) is 0.474. The van der Waals surface area contributed by atoms with E-state index in [9.17, 15) is 4.79 Å². The van der Waals surface area contributed by atoms with Crippen molar-refractivity contribution in [3.63, 3.8) is 0 Å². The van der Waals surface area contributed by atoms with E-state index in [0.717, 1.165) is 44.0 Å². The van der Waals surface area contributed by atoms with E-state index < -0.39 is 0 Å². The molecule has 0 aliphatic carbocycles. The fourth-order valence-corrected chi connectivity index (χ4v) is 3.56. The topological polar surface area (TPSA) is 79.8 Å². The van der Waals surface area contributed by atoms with E-state index in [1.54, 1.807) is 6.07 Å². The number of fused-ring (bicyclic) bond motifs is 1. The molecule has 3 aromatic heterocycles. The first-order valence-electron chi connectivity index (χ1n) is 9.51. The number of nitrogens with zero attached hydrogens (tertiary/aromatic N) is 6. The molecule has 4 heterocycles. The second-order valence-electron chi connectivity index (χ2n) is 6.75. The van der Waals surface area contributed by atoms with Gasteiger partial charge in [-0.25, -0.2) is 0 Å². The van der Waals surface area contributed by atoms with Gasteiger partial charge >= 0.3 is 0 Å². The predicted octanol–water partition coefficient (Wildman–Crippen LogP) is 2.19. The Labute approximate surface area is 157 Å². The average molecular weight is 368 g/mol. The first-order chi connectivity index (χ1) is 13.2. The molecule has 1 saturated heterocycles. The zero-order valence-corrected chi connectivity index (χ0v) is 15.8. The monoisotopic (exact) mass is 368 g/mol. The van der Waals surface area contributed by atoms with Crippen LogP contribution in [0.4, 0.5) is 5.82 Å². The summed E-state index contributed by atoms with van der Waals surface area (Å²) in [5.74, 6) is 2.53. The summed E-state index contributed by atoms with van der Waals surface area (Å²) in [4.78, 5) is 21.3. The molecule has 4 rings (SSSR count). The number of hydrogen-bond acceptors (Lipinski definition) is 6. The van der Waals surface area contributed by atoms with Crippen molar-refractivity contribution < 1.29 is 9.21 Å². The third-order valence-corrected chi connectivity index (χ3v) is 4.99. The second kappa shape index (κ2) is 7.38. The molecule has 1 aliphatic heterocycles. The summed E-state index contributed by atoms with van der Waals surface area (Å²) in [6.07, 6.45) is 5.86. The number of aryl methyl sites for hydroxylation is 2. The molecule has 8 nitrogen and oxygen atoms in total. The molecule has 1 fully saturated rings. The van der Waals surface area contributed by atoms with E-state index in [1.165, 1.54) is 18.2 Å². The summed E-state index contributed by atoms with van der Waals surface area (Å²) in [6.45, 7) is 7.05. The number of rotatable bonds is 5. The summed E-state index contributed by atoms with van der Waals surface area (Å²) in [7, 11) is 0. The molecule has 1 aliphatic rings. The van der Waals surface area contributed by atoms with Gasteiger partial charge in [-0.3, -0.25) is 9.20 Å². The quantitative estimate of drug-likeness (QED) is 0.687. The summed E-state index contributed by atoms with van der Waals surface area (Å²) in [6, 6.07) is 3.85. The molecule has 3 aromatic rings. The molecule has 0 saturated carbocycles. The van der Waals surface area contributed by atoms with E-state index in [-0.39, 0.29) is 5.91 Å². The molecule has 0 radical (unpaired) electrons. The summed E-state index contributed by atoms with van der Waals surface area (Å²) in [5.41, 5.74) is 1.79.